The van der Waals surface area contributed by atoms with Crippen LogP contribution in [0, 0.1) is 59.9 Å². The highest BCUT2D eigenvalue weighted by atomic mass is 32.1. The number of hydrogen-bond donors (Lipinski definition) is 0. The van der Waals surface area contributed by atoms with Crippen LogP contribution in [0.3, 0.4) is 0 Å². The standard InChI is InChI=1S/C46H53N5O2S/c1-8-11-14-17-20-21-24-27-34-53-37-28-30-41(52-7)39(35-37)44-47-48-45-40(43(46(4,5)6)49-51(44)45)36-38-29-31-42(54-38)50(32-25-22-18-15-12-9-2)33-26-23-19-16-13-10-3/h1,28-31,35-36H,9-10,12-13,15-16,18-19,22-23,25-26,32-33H2,2-7H3. The molecule has 0 N–H and O–H groups in total. The summed E-state index contributed by atoms with van der Waals surface area (Å²) in [7, 11) is 1.62. The predicted molar refractivity (Wildman–Crippen MR) is 224 cm³/mol. The summed E-state index contributed by atoms with van der Waals surface area (Å²) in [4.78, 5) is 3.79. The fourth-order valence-corrected chi connectivity index (χ4v) is 7.12. The summed E-state index contributed by atoms with van der Waals surface area (Å²) in [6.45, 7) is 13.3. The second kappa shape index (κ2) is 22.0. The van der Waals surface area contributed by atoms with Gasteiger partial charge >= 0.3 is 0 Å². The van der Waals surface area contributed by atoms with Gasteiger partial charge in [-0.25, -0.2) is 0 Å². The number of benzene rings is 1. The highest BCUT2D eigenvalue weighted by molar-refractivity contribution is 7.16. The summed E-state index contributed by atoms with van der Waals surface area (Å²) in [6.07, 6.45) is 25.5. The van der Waals surface area contributed by atoms with Crippen LogP contribution in [0.15, 0.2) is 30.3 Å². The summed E-state index contributed by atoms with van der Waals surface area (Å²) >= 11 is 1.84. The molecule has 0 unspecified atom stereocenters. The molecule has 4 rings (SSSR count). The quantitative estimate of drug-likeness (QED) is 0.0706. The third kappa shape index (κ3) is 12.4. The molecule has 0 aliphatic rings. The Morgan fingerprint density at radius 1 is 0.796 bits per heavy atom. The molecule has 0 spiro atoms. The number of rotatable bonds is 19. The maximum Gasteiger partial charge on any atom is 0.189 e. The third-order valence-electron chi connectivity index (χ3n) is 8.90. The molecule has 1 aromatic carbocycles. The monoisotopic (exact) mass is 739 g/mol. The van der Waals surface area contributed by atoms with Crippen LogP contribution in [0.4, 0.5) is 5.00 Å². The van der Waals surface area contributed by atoms with E-state index in [0.29, 0.717) is 28.5 Å². The Morgan fingerprint density at radius 2 is 1.43 bits per heavy atom. The summed E-state index contributed by atoms with van der Waals surface area (Å²) in [5, 5.41) is 16.7. The van der Waals surface area contributed by atoms with Gasteiger partial charge in [-0.3, -0.25) is 0 Å². The number of nitrogens with zero attached hydrogens (tertiary/aromatic N) is 5. The van der Waals surface area contributed by atoms with Gasteiger partial charge < -0.3 is 14.4 Å². The van der Waals surface area contributed by atoms with Crippen LogP contribution in [0.2, 0.25) is 0 Å². The Labute approximate surface area is 327 Å². The number of hydrogen-bond acceptors (Lipinski definition) is 7. The molecule has 0 amide bonds. The molecule has 0 aliphatic carbocycles. The molecule has 0 bridgehead atoms. The first-order valence-corrected chi connectivity index (χ1v) is 20.0. The molecule has 0 radical (unpaired) electrons. The van der Waals surface area contributed by atoms with Crippen molar-refractivity contribution in [2.75, 3.05) is 25.1 Å². The van der Waals surface area contributed by atoms with Crippen LogP contribution < -0.4 is 19.6 Å². The number of ether oxygens (including phenoxy) is 2. The maximum atomic E-state index is 5.73. The minimum absolute atomic E-state index is 0.241. The van der Waals surface area contributed by atoms with Crippen LogP contribution in [-0.4, -0.2) is 40.0 Å². The normalized spacial score (nSPS) is 10.9. The van der Waals surface area contributed by atoms with Gasteiger partial charge in [-0.15, -0.1) is 28.0 Å². The average molecular weight is 740 g/mol. The second-order valence-electron chi connectivity index (χ2n) is 14.2. The first-order chi connectivity index (χ1) is 26.3. The first kappa shape index (κ1) is 41.4. The molecule has 0 atom stereocenters. The van der Waals surface area contributed by atoms with Crippen LogP contribution in [0.1, 0.15) is 122 Å². The van der Waals surface area contributed by atoms with Crippen molar-refractivity contribution in [2.45, 2.75) is 117 Å². The molecule has 8 heteroatoms. The lowest BCUT2D eigenvalue weighted by atomic mass is 9.91. The topological polar surface area (TPSA) is 64.8 Å². The Balaban J connectivity index is 1.63. The molecule has 0 saturated carbocycles. The average Bonchev–Trinajstić information content (AvgIpc) is 3.89. The number of unbranched alkanes of at least 4 members (excludes halogenated alkanes) is 10. The molecular formula is C46H53N5O2S. The summed E-state index contributed by atoms with van der Waals surface area (Å²) in [5.41, 5.74) is 2.08. The van der Waals surface area contributed by atoms with Crippen molar-refractivity contribution >= 4 is 28.1 Å². The number of thiophene rings is 1. The Bertz CT molecular complexity index is 2150. The van der Waals surface area contributed by atoms with Gasteiger partial charge in [0.2, 0.25) is 0 Å². The van der Waals surface area contributed by atoms with E-state index in [-0.39, 0.29) is 5.41 Å². The van der Waals surface area contributed by atoms with Gasteiger partial charge in [0.1, 0.15) is 17.6 Å². The number of anilines is 1. The molecule has 3 aromatic heterocycles. The predicted octanol–water partition coefficient (Wildman–Crippen LogP) is 9.22. The largest absolute Gasteiger partial charge is 0.496 e. The van der Waals surface area contributed by atoms with Crippen LogP contribution >= 0.6 is 11.3 Å². The smallest absolute Gasteiger partial charge is 0.189 e. The van der Waals surface area contributed by atoms with Crippen molar-refractivity contribution in [2.24, 2.45) is 0 Å². The molecule has 7 nitrogen and oxygen atoms in total. The molecule has 0 fully saturated rings. The van der Waals surface area contributed by atoms with Crippen molar-refractivity contribution in [3.8, 4) is 82.8 Å². The van der Waals surface area contributed by atoms with Gasteiger partial charge in [0, 0.05) is 52.3 Å². The fraction of sp³-hybridized carbons (Fsp3) is 0.457. The number of aromatic nitrogens is 4. The van der Waals surface area contributed by atoms with E-state index in [1.165, 1.54) is 86.9 Å². The number of methoxy groups -OCH3 is 1. The van der Waals surface area contributed by atoms with Crippen molar-refractivity contribution in [3.63, 3.8) is 0 Å². The number of terminal acetylenes is 1. The van der Waals surface area contributed by atoms with E-state index in [0.717, 1.165) is 24.0 Å². The SMILES string of the molecule is C#CC#CC#CC#CC#COc1ccc(OC)c(-c2nnc3c(=Cc4ccc(N(CCCCCCCC)CCCCCCCC)s4)c(C(C)(C)C)nn23)c1. The highest BCUT2D eigenvalue weighted by Crippen LogP contribution is 2.33. The molecule has 4 aromatic rings. The van der Waals surface area contributed by atoms with E-state index in [1.54, 1.807) is 13.2 Å². The lowest BCUT2D eigenvalue weighted by Crippen LogP contribution is -2.24. The van der Waals surface area contributed by atoms with Crippen molar-refractivity contribution in [1.82, 2.24) is 19.8 Å². The number of fused-ring (bicyclic) bond motifs is 1. The van der Waals surface area contributed by atoms with E-state index in [2.05, 4.69) is 121 Å². The van der Waals surface area contributed by atoms with Gasteiger partial charge in [-0.1, -0.05) is 98.8 Å². The zero-order valence-corrected chi connectivity index (χ0v) is 33.7. The summed E-state index contributed by atoms with van der Waals surface area (Å²) < 4.78 is 13.2. The lowest BCUT2D eigenvalue weighted by Gasteiger charge is -2.23. The first-order valence-electron chi connectivity index (χ1n) is 19.2. The van der Waals surface area contributed by atoms with Gasteiger partial charge in [-0.05, 0) is 72.9 Å². The second-order valence-corrected chi connectivity index (χ2v) is 15.3. The van der Waals surface area contributed by atoms with E-state index in [1.807, 2.05) is 28.0 Å². The molecule has 54 heavy (non-hydrogen) atoms. The van der Waals surface area contributed by atoms with Crippen molar-refractivity contribution in [3.05, 3.63) is 46.1 Å². The van der Waals surface area contributed by atoms with E-state index >= 15 is 0 Å². The van der Waals surface area contributed by atoms with E-state index in [4.69, 9.17) is 21.0 Å². The van der Waals surface area contributed by atoms with Crippen LogP contribution in [-0.2, 0) is 5.41 Å². The summed E-state index contributed by atoms with van der Waals surface area (Å²) in [6, 6.07) is 9.92. The Kier molecular flexibility index (Phi) is 16.9. The Hall–Kier alpha value is -5.33. The summed E-state index contributed by atoms with van der Waals surface area (Å²) in [5.74, 6) is 21.6. The minimum atomic E-state index is -0.241. The van der Waals surface area contributed by atoms with Gasteiger partial charge in [0.25, 0.3) is 0 Å². The van der Waals surface area contributed by atoms with Crippen LogP contribution in [0.25, 0.3) is 23.1 Å². The lowest BCUT2D eigenvalue weighted by molar-refractivity contribution is 0.414. The van der Waals surface area contributed by atoms with Crippen molar-refractivity contribution < 1.29 is 9.47 Å². The molecule has 0 saturated heterocycles. The van der Waals surface area contributed by atoms with E-state index < -0.39 is 0 Å². The van der Waals surface area contributed by atoms with Gasteiger partial charge in [-0.2, -0.15) is 9.61 Å². The van der Waals surface area contributed by atoms with Gasteiger partial charge in [0.15, 0.2) is 11.5 Å². The Morgan fingerprint density at radius 3 is 2.06 bits per heavy atom. The molecule has 280 valence electrons. The molecule has 0 aliphatic heterocycles. The minimum Gasteiger partial charge on any atom is -0.496 e. The van der Waals surface area contributed by atoms with Gasteiger partial charge in [0.05, 0.1) is 23.4 Å². The zero-order valence-electron chi connectivity index (χ0n) is 32.9. The van der Waals surface area contributed by atoms with Crippen LogP contribution in [0.5, 0.6) is 11.5 Å². The fourth-order valence-electron chi connectivity index (χ4n) is 6.11. The zero-order chi connectivity index (χ0) is 38.6. The van der Waals surface area contributed by atoms with E-state index in [9.17, 15) is 0 Å². The maximum absolute atomic E-state index is 5.73. The molecular weight excluding hydrogens is 687 g/mol. The third-order valence-corrected chi connectivity index (χ3v) is 9.99. The van der Waals surface area contributed by atoms with Crippen molar-refractivity contribution in [1.29, 1.82) is 0 Å². The highest BCUT2D eigenvalue weighted by Gasteiger charge is 2.25. The molecule has 3 heterocycles.